The Balaban J connectivity index is 2.77. The van der Waals surface area contributed by atoms with Crippen molar-refractivity contribution in [2.75, 3.05) is 7.05 Å². The zero-order chi connectivity index (χ0) is 10.6. The number of carbonyl (C=O) groups is 1. The van der Waals surface area contributed by atoms with Crippen LogP contribution in [0.4, 0.5) is 4.79 Å². The van der Waals surface area contributed by atoms with Gasteiger partial charge < -0.3 is 10.6 Å². The Bertz CT molecular complexity index is 315. The zero-order valence-corrected chi connectivity index (χ0v) is 8.79. The first kappa shape index (κ1) is 10.6. The van der Waals surface area contributed by atoms with Crippen molar-refractivity contribution in [2.24, 2.45) is 0 Å². The Labute approximate surface area is 84.6 Å². The second-order valence-electron chi connectivity index (χ2n) is 3.59. The molecule has 1 unspecified atom stereocenters. The van der Waals surface area contributed by atoms with E-state index in [4.69, 9.17) is 0 Å². The van der Waals surface area contributed by atoms with Crippen LogP contribution in [-0.2, 0) is 0 Å². The van der Waals surface area contributed by atoms with Gasteiger partial charge in [0.05, 0.1) is 5.54 Å². The second kappa shape index (κ2) is 4.13. The van der Waals surface area contributed by atoms with Crippen LogP contribution in [0.5, 0.6) is 0 Å². The molecule has 1 aliphatic carbocycles. The first-order valence-electron chi connectivity index (χ1n) is 4.61. The number of nitrogens with one attached hydrogen (secondary N) is 2. The third-order valence-corrected chi connectivity index (χ3v) is 2.10. The van der Waals surface area contributed by atoms with Crippen molar-refractivity contribution < 1.29 is 4.79 Å². The molecule has 0 aromatic carbocycles. The summed E-state index contributed by atoms with van der Waals surface area (Å²) in [6.45, 7) is 3.97. The molecule has 0 saturated heterocycles. The topological polar surface area (TPSA) is 41.1 Å². The van der Waals surface area contributed by atoms with Crippen LogP contribution in [0.15, 0.2) is 36.0 Å². The molecule has 0 aliphatic heterocycles. The normalized spacial score (nSPS) is 25.2. The first-order chi connectivity index (χ1) is 6.56. The lowest BCUT2D eigenvalue weighted by atomic mass is 10.0. The molecular formula is C11H16N2O. The van der Waals surface area contributed by atoms with Gasteiger partial charge in [-0.2, -0.15) is 0 Å². The Morgan fingerprint density at radius 2 is 2.14 bits per heavy atom. The highest BCUT2D eigenvalue weighted by molar-refractivity contribution is 5.75. The van der Waals surface area contributed by atoms with E-state index in [1.165, 1.54) is 5.57 Å². The summed E-state index contributed by atoms with van der Waals surface area (Å²) < 4.78 is 0. The number of carbonyl (C=O) groups excluding carboxylic acids is 1. The average Bonchev–Trinajstić information content (AvgIpc) is 2.29. The van der Waals surface area contributed by atoms with Crippen molar-refractivity contribution in [3.63, 3.8) is 0 Å². The van der Waals surface area contributed by atoms with Crippen LogP contribution in [0.2, 0.25) is 0 Å². The molecule has 1 atom stereocenters. The van der Waals surface area contributed by atoms with E-state index in [0.717, 1.165) is 0 Å². The second-order valence-corrected chi connectivity index (χ2v) is 3.59. The number of hydrogen-bond acceptors (Lipinski definition) is 1. The predicted molar refractivity (Wildman–Crippen MR) is 58.0 cm³/mol. The number of allylic oxidation sites excluding steroid dienone is 4. The van der Waals surface area contributed by atoms with Gasteiger partial charge in [0.25, 0.3) is 0 Å². The molecule has 0 spiro atoms. The van der Waals surface area contributed by atoms with Crippen molar-refractivity contribution in [1.82, 2.24) is 10.6 Å². The van der Waals surface area contributed by atoms with Crippen LogP contribution in [-0.4, -0.2) is 18.6 Å². The third-order valence-electron chi connectivity index (χ3n) is 2.10. The lowest BCUT2D eigenvalue weighted by molar-refractivity contribution is 0.238. The summed E-state index contributed by atoms with van der Waals surface area (Å²) in [7, 11) is 1.60. The van der Waals surface area contributed by atoms with Crippen molar-refractivity contribution in [2.45, 2.75) is 19.4 Å². The fourth-order valence-electron chi connectivity index (χ4n) is 1.21. The van der Waals surface area contributed by atoms with Gasteiger partial charge in [-0.05, 0) is 13.8 Å². The largest absolute Gasteiger partial charge is 0.341 e. The number of hydrogen-bond donors (Lipinski definition) is 2. The molecule has 1 aliphatic rings. The Morgan fingerprint density at radius 1 is 1.43 bits per heavy atom. The van der Waals surface area contributed by atoms with Gasteiger partial charge in [0.1, 0.15) is 0 Å². The maximum atomic E-state index is 11.2. The molecule has 3 heteroatoms. The lowest BCUT2D eigenvalue weighted by Crippen LogP contribution is -2.46. The quantitative estimate of drug-likeness (QED) is 0.653. The van der Waals surface area contributed by atoms with E-state index in [2.05, 4.69) is 10.6 Å². The summed E-state index contributed by atoms with van der Waals surface area (Å²) in [5.74, 6) is 0. The summed E-state index contributed by atoms with van der Waals surface area (Å²) in [6, 6.07) is -0.179. The van der Waals surface area contributed by atoms with Crippen LogP contribution in [0.1, 0.15) is 13.8 Å². The van der Waals surface area contributed by atoms with Gasteiger partial charge in [-0.1, -0.05) is 36.0 Å². The third kappa shape index (κ3) is 2.76. The first-order valence-corrected chi connectivity index (χ1v) is 4.61. The predicted octanol–water partition coefficient (Wildman–Crippen LogP) is 1.75. The number of urea groups is 1. The van der Waals surface area contributed by atoms with E-state index in [9.17, 15) is 4.79 Å². The molecule has 0 radical (unpaired) electrons. The van der Waals surface area contributed by atoms with Crippen LogP contribution in [0, 0.1) is 0 Å². The smallest absolute Gasteiger partial charge is 0.315 e. The molecule has 1 rings (SSSR count). The Hall–Kier alpha value is -1.51. The van der Waals surface area contributed by atoms with Crippen molar-refractivity contribution in [3.8, 4) is 0 Å². The van der Waals surface area contributed by atoms with Crippen molar-refractivity contribution in [3.05, 3.63) is 36.0 Å². The summed E-state index contributed by atoms with van der Waals surface area (Å²) in [4.78, 5) is 11.2. The van der Waals surface area contributed by atoms with Crippen LogP contribution in [0.3, 0.4) is 0 Å². The van der Waals surface area contributed by atoms with Crippen molar-refractivity contribution in [1.29, 1.82) is 0 Å². The highest BCUT2D eigenvalue weighted by Crippen LogP contribution is 2.13. The minimum atomic E-state index is -0.408. The average molecular weight is 192 g/mol. The molecule has 0 aromatic rings. The van der Waals surface area contributed by atoms with E-state index in [0.29, 0.717) is 0 Å². The molecule has 76 valence electrons. The van der Waals surface area contributed by atoms with Gasteiger partial charge in [0, 0.05) is 7.05 Å². The summed E-state index contributed by atoms with van der Waals surface area (Å²) in [6.07, 6.45) is 9.88. The maximum absolute atomic E-state index is 11.2. The number of rotatable bonds is 1. The minimum Gasteiger partial charge on any atom is -0.341 e. The lowest BCUT2D eigenvalue weighted by Gasteiger charge is -2.22. The van der Waals surface area contributed by atoms with E-state index in [1.807, 2.05) is 44.2 Å². The molecule has 0 heterocycles. The molecule has 2 N–H and O–H groups in total. The van der Waals surface area contributed by atoms with Gasteiger partial charge in [-0.3, -0.25) is 0 Å². The standard InChI is InChI=1S/C11H16N2O/c1-9-5-4-7-11(2,8-6-9)13-10(14)12-3/h4-8H,1-3H3,(H2,12,13,14). The van der Waals surface area contributed by atoms with E-state index in [-0.39, 0.29) is 6.03 Å². The molecular weight excluding hydrogens is 176 g/mol. The van der Waals surface area contributed by atoms with Gasteiger partial charge in [-0.25, -0.2) is 4.79 Å². The van der Waals surface area contributed by atoms with Gasteiger partial charge in [-0.15, -0.1) is 0 Å². The van der Waals surface area contributed by atoms with Crippen LogP contribution >= 0.6 is 0 Å². The van der Waals surface area contributed by atoms with E-state index in [1.54, 1.807) is 7.05 Å². The van der Waals surface area contributed by atoms with Crippen molar-refractivity contribution >= 4 is 6.03 Å². The van der Waals surface area contributed by atoms with E-state index >= 15 is 0 Å². The van der Waals surface area contributed by atoms with E-state index < -0.39 is 5.54 Å². The summed E-state index contributed by atoms with van der Waals surface area (Å²) >= 11 is 0. The highest BCUT2D eigenvalue weighted by Gasteiger charge is 2.19. The highest BCUT2D eigenvalue weighted by atomic mass is 16.2. The monoisotopic (exact) mass is 192 g/mol. The fraction of sp³-hybridized carbons (Fsp3) is 0.364. The molecule has 3 nitrogen and oxygen atoms in total. The molecule has 0 aromatic heterocycles. The maximum Gasteiger partial charge on any atom is 0.315 e. The number of amides is 2. The molecule has 0 saturated carbocycles. The summed E-state index contributed by atoms with van der Waals surface area (Å²) in [5.41, 5.74) is 0.762. The Morgan fingerprint density at radius 3 is 2.79 bits per heavy atom. The van der Waals surface area contributed by atoms with Gasteiger partial charge in [0.2, 0.25) is 0 Å². The molecule has 0 fully saturated rings. The van der Waals surface area contributed by atoms with Gasteiger partial charge >= 0.3 is 6.03 Å². The zero-order valence-electron chi connectivity index (χ0n) is 8.79. The van der Waals surface area contributed by atoms with Gasteiger partial charge in [0.15, 0.2) is 0 Å². The minimum absolute atomic E-state index is 0.179. The summed E-state index contributed by atoms with van der Waals surface area (Å²) in [5, 5.41) is 5.38. The SMILES string of the molecule is CNC(=O)NC1(C)C=CC=C(C)C=C1. The van der Waals surface area contributed by atoms with Crippen LogP contribution < -0.4 is 10.6 Å². The molecule has 0 bridgehead atoms. The van der Waals surface area contributed by atoms with Crippen LogP contribution in [0.25, 0.3) is 0 Å². The molecule has 2 amide bonds. The molecule has 14 heavy (non-hydrogen) atoms. The fourth-order valence-corrected chi connectivity index (χ4v) is 1.21. The Kier molecular flexibility index (Phi) is 3.12.